The first-order chi connectivity index (χ1) is 16.7. The first-order valence-electron chi connectivity index (χ1n) is 11.0. The number of pyridine rings is 1. The van der Waals surface area contributed by atoms with Crippen LogP contribution in [0.5, 0.6) is 0 Å². The smallest absolute Gasteiger partial charge is 0.339 e. The minimum Gasteiger partial charge on any atom is -0.456 e. The molecule has 0 amide bonds. The second-order valence-electron chi connectivity index (χ2n) is 8.13. The quantitative estimate of drug-likeness (QED) is 0.343. The summed E-state index contributed by atoms with van der Waals surface area (Å²) in [6, 6.07) is 19.2. The molecule has 0 unspecified atom stereocenters. The van der Waals surface area contributed by atoms with Crippen molar-refractivity contribution in [3.05, 3.63) is 111 Å². The number of carbonyl (C=O) groups excluding carboxylic acids is 1. The van der Waals surface area contributed by atoms with Crippen molar-refractivity contribution < 1.29 is 9.53 Å². The Morgan fingerprint density at radius 3 is 2.76 bits per heavy atom. The molecule has 6 rings (SSSR count). The number of esters is 1. The Hall–Kier alpha value is -4.10. The van der Waals surface area contributed by atoms with Gasteiger partial charge in [-0.05, 0) is 41.7 Å². The van der Waals surface area contributed by atoms with Crippen molar-refractivity contribution in [2.75, 3.05) is 0 Å². The molecule has 1 aliphatic rings. The van der Waals surface area contributed by atoms with Crippen molar-refractivity contribution in [1.29, 1.82) is 0 Å². The summed E-state index contributed by atoms with van der Waals surface area (Å²) < 4.78 is 7.16. The average molecular weight is 466 g/mol. The van der Waals surface area contributed by atoms with Gasteiger partial charge in [0.25, 0.3) is 5.56 Å². The Labute approximate surface area is 198 Å². The van der Waals surface area contributed by atoms with Crippen LogP contribution in [0.15, 0.2) is 77.0 Å². The van der Waals surface area contributed by atoms with Crippen LogP contribution in [0.25, 0.3) is 27.5 Å². The van der Waals surface area contributed by atoms with Crippen LogP contribution in [0.2, 0.25) is 0 Å². The van der Waals surface area contributed by atoms with E-state index in [0.717, 1.165) is 46.1 Å². The number of aromatic nitrogens is 3. The highest BCUT2D eigenvalue weighted by molar-refractivity contribution is 7.15. The van der Waals surface area contributed by atoms with Crippen LogP contribution < -0.4 is 5.56 Å². The maximum atomic E-state index is 13.4. The van der Waals surface area contributed by atoms with E-state index in [1.165, 1.54) is 21.8 Å². The van der Waals surface area contributed by atoms with E-state index in [9.17, 15) is 9.59 Å². The maximum Gasteiger partial charge on any atom is 0.339 e. The van der Waals surface area contributed by atoms with Crippen LogP contribution in [-0.2, 0) is 17.8 Å². The lowest BCUT2D eigenvalue weighted by molar-refractivity contribution is 0.0469. The van der Waals surface area contributed by atoms with Gasteiger partial charge in [-0.3, -0.25) is 9.20 Å². The highest BCUT2D eigenvalue weighted by atomic mass is 32.1. The van der Waals surface area contributed by atoms with E-state index >= 15 is 0 Å². The molecule has 5 aromatic rings. The third-order valence-electron chi connectivity index (χ3n) is 5.99. The fraction of sp³-hybridized carbons (Fsp3) is 0.111. The maximum absolute atomic E-state index is 13.4. The summed E-state index contributed by atoms with van der Waals surface area (Å²) in [6.07, 6.45) is 5.34. The van der Waals surface area contributed by atoms with Crippen LogP contribution in [0, 0.1) is 0 Å². The number of rotatable bonds is 4. The molecule has 3 aromatic heterocycles. The predicted octanol–water partition coefficient (Wildman–Crippen LogP) is 5.15. The zero-order valence-electron chi connectivity index (χ0n) is 18.1. The third kappa shape index (κ3) is 3.60. The standard InChI is InChI=1S/C27H19N3O3S/c31-23-15-19(28-27-30(23)12-13-34-27)16-33-26(32)24-20-8-4-5-9-22(20)29-25-18(10-11-21(24)25)14-17-6-2-1-3-7-17/h1-9,12-15H,10-11,16H2. The number of hydrogen-bond acceptors (Lipinski definition) is 6. The molecule has 1 aliphatic carbocycles. The van der Waals surface area contributed by atoms with Gasteiger partial charge in [-0.1, -0.05) is 48.5 Å². The van der Waals surface area contributed by atoms with Crippen LogP contribution in [0.3, 0.4) is 0 Å². The minimum atomic E-state index is -0.427. The van der Waals surface area contributed by atoms with E-state index in [0.29, 0.717) is 16.2 Å². The molecular formula is C27H19N3O3S. The number of allylic oxidation sites excluding steroid dienone is 1. The summed E-state index contributed by atoms with van der Waals surface area (Å²) in [5, 5.41) is 2.57. The van der Waals surface area contributed by atoms with Crippen LogP contribution in [0.1, 0.15) is 39.3 Å². The second-order valence-corrected chi connectivity index (χ2v) is 9.00. The summed E-state index contributed by atoms with van der Waals surface area (Å²) >= 11 is 1.36. The van der Waals surface area contributed by atoms with Crippen molar-refractivity contribution in [2.24, 2.45) is 0 Å². The summed E-state index contributed by atoms with van der Waals surface area (Å²) in [7, 11) is 0. The number of para-hydroxylation sites is 1. The fourth-order valence-corrected chi connectivity index (χ4v) is 5.17. The van der Waals surface area contributed by atoms with Gasteiger partial charge < -0.3 is 4.74 Å². The zero-order valence-corrected chi connectivity index (χ0v) is 18.9. The van der Waals surface area contributed by atoms with Gasteiger partial charge in [0.2, 0.25) is 0 Å². The van der Waals surface area contributed by atoms with Crippen molar-refractivity contribution in [2.45, 2.75) is 19.4 Å². The molecule has 0 radical (unpaired) electrons. The second kappa shape index (κ2) is 8.35. The molecule has 166 valence electrons. The Morgan fingerprint density at radius 2 is 1.88 bits per heavy atom. The lowest BCUT2D eigenvalue weighted by atomic mass is 10.0. The average Bonchev–Trinajstić information content (AvgIpc) is 3.49. The molecule has 3 heterocycles. The lowest BCUT2D eigenvalue weighted by Crippen LogP contribution is -2.15. The summed E-state index contributed by atoms with van der Waals surface area (Å²) in [6.45, 7) is -0.0688. The molecule has 0 saturated carbocycles. The van der Waals surface area contributed by atoms with Gasteiger partial charge in [0, 0.05) is 23.0 Å². The van der Waals surface area contributed by atoms with E-state index in [1.54, 1.807) is 11.6 Å². The number of nitrogens with zero attached hydrogens (tertiary/aromatic N) is 3. The SMILES string of the molecule is O=C(OCc1cc(=O)n2ccsc2n1)c1c2c(nc3ccccc13)C(=Cc1ccccc1)CC2. The number of fused-ring (bicyclic) bond motifs is 3. The van der Waals surface area contributed by atoms with E-state index in [2.05, 4.69) is 23.2 Å². The van der Waals surface area contributed by atoms with Crippen molar-refractivity contribution in [1.82, 2.24) is 14.4 Å². The number of carbonyl (C=O) groups is 1. The van der Waals surface area contributed by atoms with Crippen LogP contribution in [0.4, 0.5) is 0 Å². The molecular weight excluding hydrogens is 446 g/mol. The molecule has 34 heavy (non-hydrogen) atoms. The number of ether oxygens (including phenoxy) is 1. The molecule has 6 nitrogen and oxygen atoms in total. The number of hydrogen-bond donors (Lipinski definition) is 0. The number of thiazole rings is 1. The van der Waals surface area contributed by atoms with Gasteiger partial charge in [0.05, 0.1) is 22.5 Å². The summed E-state index contributed by atoms with van der Waals surface area (Å²) in [4.78, 5) is 35.6. The highest BCUT2D eigenvalue weighted by Gasteiger charge is 2.27. The normalized spacial score (nSPS) is 14.1. The Bertz CT molecular complexity index is 1650. The molecule has 2 aromatic carbocycles. The topological polar surface area (TPSA) is 73.6 Å². The van der Waals surface area contributed by atoms with E-state index in [-0.39, 0.29) is 12.2 Å². The van der Waals surface area contributed by atoms with Gasteiger partial charge in [-0.2, -0.15) is 0 Å². The summed E-state index contributed by atoms with van der Waals surface area (Å²) in [5.74, 6) is -0.427. The zero-order chi connectivity index (χ0) is 23.1. The Balaban J connectivity index is 1.38. The number of benzene rings is 2. The largest absolute Gasteiger partial charge is 0.456 e. The predicted molar refractivity (Wildman–Crippen MR) is 133 cm³/mol. The molecule has 0 spiro atoms. The minimum absolute atomic E-state index is 0.0688. The fourth-order valence-electron chi connectivity index (χ4n) is 4.44. The van der Waals surface area contributed by atoms with Crippen LogP contribution >= 0.6 is 11.3 Å². The van der Waals surface area contributed by atoms with Crippen LogP contribution in [-0.4, -0.2) is 20.3 Å². The molecule has 0 bridgehead atoms. The van der Waals surface area contributed by atoms with Crippen molar-refractivity contribution in [3.8, 4) is 0 Å². The van der Waals surface area contributed by atoms with E-state index in [4.69, 9.17) is 9.72 Å². The van der Waals surface area contributed by atoms with E-state index in [1.807, 2.05) is 42.5 Å². The van der Waals surface area contributed by atoms with Gasteiger partial charge in [-0.25, -0.2) is 14.8 Å². The van der Waals surface area contributed by atoms with Gasteiger partial charge in [0.1, 0.15) is 6.61 Å². The van der Waals surface area contributed by atoms with Crippen molar-refractivity contribution in [3.63, 3.8) is 0 Å². The molecule has 0 aliphatic heterocycles. The van der Waals surface area contributed by atoms with Gasteiger partial charge in [-0.15, -0.1) is 11.3 Å². The van der Waals surface area contributed by atoms with Gasteiger partial charge >= 0.3 is 5.97 Å². The van der Waals surface area contributed by atoms with Crippen molar-refractivity contribution >= 4 is 44.8 Å². The van der Waals surface area contributed by atoms with Gasteiger partial charge in [0.15, 0.2) is 4.96 Å². The Morgan fingerprint density at radius 1 is 1.06 bits per heavy atom. The first kappa shape index (κ1) is 20.5. The lowest BCUT2D eigenvalue weighted by Gasteiger charge is -2.12. The Kier molecular flexibility index (Phi) is 5.04. The first-order valence-corrected chi connectivity index (χ1v) is 11.9. The molecule has 7 heteroatoms. The third-order valence-corrected chi connectivity index (χ3v) is 6.75. The molecule has 0 N–H and O–H groups in total. The molecule has 0 saturated heterocycles. The summed E-state index contributed by atoms with van der Waals surface area (Å²) in [5.41, 5.74) is 5.52. The highest BCUT2D eigenvalue weighted by Crippen LogP contribution is 2.37. The molecule has 0 fully saturated rings. The monoisotopic (exact) mass is 465 g/mol. The molecule has 0 atom stereocenters. The van der Waals surface area contributed by atoms with E-state index < -0.39 is 5.97 Å².